The van der Waals surface area contributed by atoms with Crippen LogP contribution < -0.4 is 5.32 Å². The Morgan fingerprint density at radius 2 is 1.96 bits per heavy atom. The Balaban J connectivity index is 1.82. The molecule has 1 amide bonds. The summed E-state index contributed by atoms with van der Waals surface area (Å²) in [7, 11) is 0. The van der Waals surface area contributed by atoms with Gasteiger partial charge in [-0.2, -0.15) is 0 Å². The Morgan fingerprint density at radius 3 is 2.67 bits per heavy atom. The zero-order chi connectivity index (χ0) is 17.5. The lowest BCUT2D eigenvalue weighted by Crippen LogP contribution is -2.30. The number of ether oxygens (including phenoxy) is 1. The Hall–Kier alpha value is -2.34. The lowest BCUT2D eigenvalue weighted by Gasteiger charge is -2.13. The third-order valence-corrected chi connectivity index (χ3v) is 4.17. The van der Waals surface area contributed by atoms with Crippen molar-refractivity contribution in [2.24, 2.45) is 0 Å². The van der Waals surface area contributed by atoms with E-state index in [2.05, 4.69) is 5.32 Å². The van der Waals surface area contributed by atoms with Gasteiger partial charge in [0.05, 0.1) is 5.75 Å². The van der Waals surface area contributed by atoms with Crippen LogP contribution in [0.4, 0.5) is 10.1 Å². The largest absolute Gasteiger partial charge is 0.452 e. The van der Waals surface area contributed by atoms with Crippen LogP contribution in [0.15, 0.2) is 53.4 Å². The number of amides is 1. The van der Waals surface area contributed by atoms with E-state index in [-0.39, 0.29) is 11.6 Å². The molecule has 6 heteroatoms. The number of benzene rings is 2. The summed E-state index contributed by atoms with van der Waals surface area (Å²) >= 11 is 1.03. The van der Waals surface area contributed by atoms with Crippen molar-refractivity contribution in [2.75, 3.05) is 11.1 Å². The van der Waals surface area contributed by atoms with Gasteiger partial charge in [0.15, 0.2) is 6.10 Å². The molecular formula is C18H18FNO3S. The van der Waals surface area contributed by atoms with Gasteiger partial charge in [-0.25, -0.2) is 4.39 Å². The maximum Gasteiger partial charge on any atom is 0.317 e. The van der Waals surface area contributed by atoms with Crippen molar-refractivity contribution in [1.82, 2.24) is 0 Å². The molecule has 0 aliphatic heterocycles. The van der Waals surface area contributed by atoms with E-state index in [9.17, 15) is 14.0 Å². The summed E-state index contributed by atoms with van der Waals surface area (Å²) in [6.07, 6.45) is -0.931. The fraction of sp³-hybridized carbons (Fsp3) is 0.222. The molecule has 24 heavy (non-hydrogen) atoms. The van der Waals surface area contributed by atoms with Gasteiger partial charge in [-0.15, -0.1) is 11.8 Å². The number of aryl methyl sites for hydroxylation is 1. The van der Waals surface area contributed by atoms with Crippen LogP contribution in [0.2, 0.25) is 0 Å². The molecule has 2 aromatic rings. The molecule has 0 radical (unpaired) electrons. The smallest absolute Gasteiger partial charge is 0.317 e. The molecule has 2 rings (SSSR count). The minimum atomic E-state index is -0.931. The first-order valence-electron chi connectivity index (χ1n) is 7.40. The predicted molar refractivity (Wildman–Crippen MR) is 92.5 cm³/mol. The summed E-state index contributed by atoms with van der Waals surface area (Å²) in [6.45, 7) is 3.41. The lowest BCUT2D eigenvalue weighted by atomic mass is 10.2. The molecule has 0 aliphatic rings. The van der Waals surface area contributed by atoms with Gasteiger partial charge in [0.1, 0.15) is 5.82 Å². The molecule has 0 saturated carbocycles. The van der Waals surface area contributed by atoms with Crippen molar-refractivity contribution in [1.29, 1.82) is 0 Å². The van der Waals surface area contributed by atoms with Gasteiger partial charge in [0, 0.05) is 10.6 Å². The van der Waals surface area contributed by atoms with E-state index in [0.29, 0.717) is 10.6 Å². The van der Waals surface area contributed by atoms with Crippen molar-refractivity contribution >= 4 is 29.3 Å². The molecule has 0 aromatic heterocycles. The standard InChI is InChI=1S/C18H18FNO3S/c1-12-6-5-7-14(10-12)20-18(22)13(2)23-17(21)11-24-16-9-4-3-8-15(16)19/h3-10,13H,11H2,1-2H3,(H,20,22)/t13-/m1/s1. The van der Waals surface area contributed by atoms with Crippen molar-refractivity contribution in [2.45, 2.75) is 24.8 Å². The molecule has 0 spiro atoms. The second-order valence-electron chi connectivity index (χ2n) is 5.21. The van der Waals surface area contributed by atoms with E-state index >= 15 is 0 Å². The highest BCUT2D eigenvalue weighted by Crippen LogP contribution is 2.21. The normalized spacial score (nSPS) is 11.6. The fourth-order valence-electron chi connectivity index (χ4n) is 1.95. The molecule has 2 aromatic carbocycles. The van der Waals surface area contributed by atoms with Gasteiger partial charge >= 0.3 is 5.97 Å². The van der Waals surface area contributed by atoms with Crippen LogP contribution in [0.3, 0.4) is 0 Å². The van der Waals surface area contributed by atoms with Crippen molar-refractivity contribution in [3.05, 3.63) is 59.9 Å². The maximum absolute atomic E-state index is 13.5. The molecule has 1 atom stereocenters. The third kappa shape index (κ3) is 5.38. The summed E-state index contributed by atoms with van der Waals surface area (Å²) in [5, 5.41) is 2.69. The molecular weight excluding hydrogens is 329 g/mol. The van der Waals surface area contributed by atoms with Crippen LogP contribution in [-0.4, -0.2) is 23.7 Å². The molecule has 0 bridgehead atoms. The molecule has 0 unspecified atom stereocenters. The Labute approximate surface area is 144 Å². The van der Waals surface area contributed by atoms with Gasteiger partial charge in [-0.1, -0.05) is 24.3 Å². The highest BCUT2D eigenvalue weighted by molar-refractivity contribution is 8.00. The Morgan fingerprint density at radius 1 is 1.21 bits per heavy atom. The number of anilines is 1. The molecule has 0 saturated heterocycles. The minimum Gasteiger partial charge on any atom is -0.452 e. The molecule has 1 N–H and O–H groups in total. The monoisotopic (exact) mass is 347 g/mol. The van der Waals surface area contributed by atoms with E-state index in [1.54, 1.807) is 24.3 Å². The van der Waals surface area contributed by atoms with Crippen molar-refractivity contribution < 1.29 is 18.7 Å². The molecule has 4 nitrogen and oxygen atoms in total. The third-order valence-electron chi connectivity index (χ3n) is 3.15. The number of rotatable bonds is 6. The topological polar surface area (TPSA) is 55.4 Å². The van der Waals surface area contributed by atoms with Crippen LogP contribution >= 0.6 is 11.8 Å². The first kappa shape index (κ1) is 18.0. The zero-order valence-electron chi connectivity index (χ0n) is 13.4. The zero-order valence-corrected chi connectivity index (χ0v) is 14.2. The first-order chi connectivity index (χ1) is 11.5. The minimum absolute atomic E-state index is 0.0665. The quantitative estimate of drug-likeness (QED) is 0.638. The second kappa shape index (κ2) is 8.49. The fourth-order valence-corrected chi connectivity index (χ4v) is 2.67. The first-order valence-corrected chi connectivity index (χ1v) is 8.38. The summed E-state index contributed by atoms with van der Waals surface area (Å²) in [6, 6.07) is 13.5. The number of carbonyl (C=O) groups excluding carboxylic acids is 2. The summed E-state index contributed by atoms with van der Waals surface area (Å²) < 4.78 is 18.6. The Bertz CT molecular complexity index is 736. The molecule has 0 fully saturated rings. The van der Waals surface area contributed by atoms with Gasteiger partial charge < -0.3 is 10.1 Å². The van der Waals surface area contributed by atoms with Crippen LogP contribution in [0.5, 0.6) is 0 Å². The summed E-state index contributed by atoms with van der Waals surface area (Å²) in [5.74, 6) is -1.44. The molecule has 0 aliphatic carbocycles. The van der Waals surface area contributed by atoms with E-state index < -0.39 is 18.0 Å². The highest BCUT2D eigenvalue weighted by Gasteiger charge is 2.18. The second-order valence-corrected chi connectivity index (χ2v) is 6.23. The molecule has 0 heterocycles. The van der Waals surface area contributed by atoms with Crippen molar-refractivity contribution in [3.8, 4) is 0 Å². The Kier molecular flexibility index (Phi) is 6.37. The van der Waals surface area contributed by atoms with Crippen LogP contribution in [0, 0.1) is 12.7 Å². The number of nitrogens with one attached hydrogen (secondary N) is 1. The van der Waals surface area contributed by atoms with E-state index in [4.69, 9.17) is 4.74 Å². The van der Waals surface area contributed by atoms with Crippen LogP contribution in [-0.2, 0) is 14.3 Å². The van der Waals surface area contributed by atoms with Crippen LogP contribution in [0.1, 0.15) is 12.5 Å². The number of halogens is 1. The SMILES string of the molecule is Cc1cccc(NC(=O)[C@@H](C)OC(=O)CSc2ccccc2F)c1. The van der Waals surface area contributed by atoms with Crippen LogP contribution in [0.25, 0.3) is 0 Å². The summed E-state index contributed by atoms with van der Waals surface area (Å²) in [5.41, 5.74) is 1.65. The average Bonchev–Trinajstić information content (AvgIpc) is 2.54. The number of esters is 1. The molecule has 126 valence electrons. The van der Waals surface area contributed by atoms with Gasteiger partial charge in [-0.3, -0.25) is 9.59 Å². The number of hydrogen-bond donors (Lipinski definition) is 1. The summed E-state index contributed by atoms with van der Waals surface area (Å²) in [4.78, 5) is 24.2. The van der Waals surface area contributed by atoms with Gasteiger partial charge in [0.2, 0.25) is 0 Å². The lowest BCUT2D eigenvalue weighted by molar-refractivity contribution is -0.150. The predicted octanol–water partition coefficient (Wildman–Crippen LogP) is 3.80. The highest BCUT2D eigenvalue weighted by atomic mass is 32.2. The van der Waals surface area contributed by atoms with E-state index in [1.807, 2.05) is 25.1 Å². The number of thioether (sulfide) groups is 1. The van der Waals surface area contributed by atoms with Gasteiger partial charge in [0.25, 0.3) is 5.91 Å². The maximum atomic E-state index is 13.5. The average molecular weight is 347 g/mol. The number of carbonyl (C=O) groups is 2. The number of hydrogen-bond acceptors (Lipinski definition) is 4. The van der Waals surface area contributed by atoms with E-state index in [1.165, 1.54) is 13.0 Å². The van der Waals surface area contributed by atoms with E-state index in [0.717, 1.165) is 17.3 Å². The van der Waals surface area contributed by atoms with Crippen molar-refractivity contribution in [3.63, 3.8) is 0 Å². The van der Waals surface area contributed by atoms with Gasteiger partial charge in [-0.05, 0) is 43.7 Å².